The predicted octanol–water partition coefficient (Wildman–Crippen LogP) is 2.77. The number of hydrogen-bond acceptors (Lipinski definition) is 9. The largest absolute Gasteiger partial charge is 0.497 e. The summed E-state index contributed by atoms with van der Waals surface area (Å²) in [6.07, 6.45) is 9.00. The molecule has 0 spiro atoms. The molecular formula is C26H29N5O5S. The van der Waals surface area contributed by atoms with Crippen molar-refractivity contribution in [3.63, 3.8) is 0 Å². The fourth-order valence-corrected chi connectivity index (χ4v) is 4.99. The molecule has 3 N–H and O–H groups in total. The lowest BCUT2D eigenvalue weighted by molar-refractivity contribution is 0.0951. The van der Waals surface area contributed by atoms with Gasteiger partial charge in [-0.2, -0.15) is 0 Å². The van der Waals surface area contributed by atoms with Crippen molar-refractivity contribution < 1.29 is 22.7 Å². The number of rotatable bonds is 10. The minimum absolute atomic E-state index is 0.00955. The molecule has 0 radical (unpaired) electrons. The van der Waals surface area contributed by atoms with Gasteiger partial charge in [-0.25, -0.2) is 13.8 Å². The Morgan fingerprint density at radius 3 is 2.84 bits per heavy atom. The van der Waals surface area contributed by atoms with E-state index in [1.54, 1.807) is 30.6 Å². The van der Waals surface area contributed by atoms with Crippen LogP contribution in [0, 0.1) is 0 Å². The van der Waals surface area contributed by atoms with Gasteiger partial charge in [0.15, 0.2) is 15.6 Å². The summed E-state index contributed by atoms with van der Waals surface area (Å²) in [6.45, 7) is 0.00955. The smallest absolute Gasteiger partial charge is 0.188 e. The fourth-order valence-electron chi connectivity index (χ4n) is 4.61. The van der Waals surface area contributed by atoms with Crippen molar-refractivity contribution in [1.29, 1.82) is 0 Å². The van der Waals surface area contributed by atoms with Gasteiger partial charge in [0.1, 0.15) is 24.1 Å². The number of nitrogens with zero attached hydrogens (tertiary/aromatic N) is 2. The standard InChI is InChI=1S/C26H29N5O5S/c1-35-19-11-17(12-20(14-19)36-9-10-37(2,33)34)29-25(24-13-18-15-27-7-8-31(18)30-24)26(32)22-16-28-23-6-4-3-5-21(22)23/h3-8,11-12,14-16,18,24-25,28-30H,9-10,13H2,1-2H3. The third-order valence-electron chi connectivity index (χ3n) is 6.44. The molecule has 37 heavy (non-hydrogen) atoms. The van der Waals surface area contributed by atoms with Crippen LogP contribution >= 0.6 is 0 Å². The number of carbonyl (C=O) groups excluding carboxylic acids is 1. The van der Waals surface area contributed by atoms with E-state index in [1.807, 2.05) is 41.7 Å². The lowest BCUT2D eigenvalue weighted by Gasteiger charge is -2.26. The Bertz CT molecular complexity index is 1450. The van der Waals surface area contributed by atoms with Crippen molar-refractivity contribution >= 4 is 38.4 Å². The first kappa shape index (κ1) is 24.8. The maximum absolute atomic E-state index is 14.0. The number of sulfone groups is 1. The highest BCUT2D eigenvalue weighted by atomic mass is 32.2. The van der Waals surface area contributed by atoms with Crippen LogP contribution in [0.5, 0.6) is 11.5 Å². The molecule has 2 aromatic carbocycles. The van der Waals surface area contributed by atoms with Crippen LogP contribution in [0.3, 0.4) is 0 Å². The second-order valence-corrected chi connectivity index (χ2v) is 11.4. The van der Waals surface area contributed by atoms with E-state index >= 15 is 0 Å². The number of hydrogen-bond donors (Lipinski definition) is 3. The molecule has 3 aromatic rings. The van der Waals surface area contributed by atoms with E-state index in [4.69, 9.17) is 9.47 Å². The van der Waals surface area contributed by atoms with Crippen LogP contribution in [0.15, 0.2) is 66.1 Å². The van der Waals surface area contributed by atoms with Crippen LogP contribution in [0.25, 0.3) is 10.9 Å². The van der Waals surface area contributed by atoms with Gasteiger partial charge in [-0.15, -0.1) is 0 Å². The molecule has 1 fully saturated rings. The first-order valence-electron chi connectivity index (χ1n) is 11.9. The summed E-state index contributed by atoms with van der Waals surface area (Å²) in [5, 5.41) is 6.22. The average Bonchev–Trinajstić information content (AvgIpc) is 3.50. The Labute approximate surface area is 215 Å². The highest BCUT2D eigenvalue weighted by molar-refractivity contribution is 7.90. The van der Waals surface area contributed by atoms with Crippen LogP contribution < -0.4 is 20.2 Å². The second kappa shape index (κ2) is 10.3. The molecule has 2 aliphatic heterocycles. The molecule has 10 nitrogen and oxygen atoms in total. The summed E-state index contributed by atoms with van der Waals surface area (Å²) < 4.78 is 34.2. The van der Waals surface area contributed by atoms with Crippen molar-refractivity contribution in [3.05, 3.63) is 66.6 Å². The van der Waals surface area contributed by atoms with Gasteiger partial charge in [0.25, 0.3) is 0 Å². The number of para-hydroxylation sites is 1. The number of Topliss-reactive ketones (excluding diaryl/α,β-unsaturated/α-hetero) is 1. The van der Waals surface area contributed by atoms with E-state index in [0.717, 1.165) is 17.2 Å². The van der Waals surface area contributed by atoms with Crippen molar-refractivity contribution in [2.75, 3.05) is 31.0 Å². The van der Waals surface area contributed by atoms with Gasteiger partial charge in [0.2, 0.25) is 0 Å². The van der Waals surface area contributed by atoms with Crippen LogP contribution in [0.1, 0.15) is 16.8 Å². The number of anilines is 1. The number of nitrogens with one attached hydrogen (secondary N) is 3. The molecule has 11 heteroatoms. The summed E-state index contributed by atoms with van der Waals surface area (Å²) in [7, 11) is -1.63. The van der Waals surface area contributed by atoms with Gasteiger partial charge in [-0.3, -0.25) is 9.79 Å². The van der Waals surface area contributed by atoms with Crippen molar-refractivity contribution in [2.24, 2.45) is 4.99 Å². The first-order valence-corrected chi connectivity index (χ1v) is 14.0. The summed E-state index contributed by atoms with van der Waals surface area (Å²) in [6, 6.07) is 12.1. The van der Waals surface area contributed by atoms with E-state index in [1.165, 1.54) is 7.11 Å². The number of methoxy groups -OCH3 is 1. The minimum Gasteiger partial charge on any atom is -0.497 e. The molecule has 5 rings (SSSR count). The molecule has 1 aromatic heterocycles. The summed E-state index contributed by atoms with van der Waals surface area (Å²) in [4.78, 5) is 21.4. The molecule has 1 saturated heterocycles. The number of aromatic amines is 1. The van der Waals surface area contributed by atoms with Crippen LogP contribution in [-0.4, -0.2) is 74.3 Å². The summed E-state index contributed by atoms with van der Waals surface area (Å²) in [5.41, 5.74) is 5.53. The molecule has 0 amide bonds. The van der Waals surface area contributed by atoms with Gasteiger partial charge >= 0.3 is 0 Å². The van der Waals surface area contributed by atoms with Crippen molar-refractivity contribution in [1.82, 2.24) is 15.4 Å². The van der Waals surface area contributed by atoms with Crippen LogP contribution in [0.2, 0.25) is 0 Å². The number of hydrazine groups is 1. The number of aliphatic imine (C=N–C) groups is 1. The Hall–Kier alpha value is -3.83. The zero-order valence-electron chi connectivity index (χ0n) is 20.5. The Kier molecular flexibility index (Phi) is 6.90. The monoisotopic (exact) mass is 523 g/mol. The number of aromatic nitrogens is 1. The van der Waals surface area contributed by atoms with E-state index in [0.29, 0.717) is 29.2 Å². The number of ether oxygens (including phenoxy) is 2. The molecule has 0 aliphatic carbocycles. The number of ketones is 1. The van der Waals surface area contributed by atoms with Crippen molar-refractivity contribution in [3.8, 4) is 11.5 Å². The first-order chi connectivity index (χ1) is 17.8. The van der Waals surface area contributed by atoms with Gasteiger partial charge in [-0.05, 0) is 12.5 Å². The van der Waals surface area contributed by atoms with Gasteiger partial charge < -0.3 is 24.8 Å². The molecular weight excluding hydrogens is 494 g/mol. The molecule has 3 heterocycles. The fraction of sp³-hybridized carbons (Fsp3) is 0.308. The third-order valence-corrected chi connectivity index (χ3v) is 7.35. The van der Waals surface area contributed by atoms with Crippen molar-refractivity contribution in [2.45, 2.75) is 24.5 Å². The third kappa shape index (κ3) is 5.62. The maximum atomic E-state index is 14.0. The average molecular weight is 524 g/mol. The number of H-pyrrole nitrogens is 1. The van der Waals surface area contributed by atoms with Gasteiger partial charge in [0.05, 0.1) is 24.9 Å². The topological polar surface area (TPSA) is 125 Å². The zero-order chi connectivity index (χ0) is 26.0. The molecule has 3 unspecified atom stereocenters. The number of fused-ring (bicyclic) bond motifs is 2. The molecule has 2 aliphatic rings. The Balaban J connectivity index is 1.45. The second-order valence-electron chi connectivity index (χ2n) is 9.15. The van der Waals surface area contributed by atoms with Crippen LogP contribution in [-0.2, 0) is 9.84 Å². The highest BCUT2D eigenvalue weighted by Gasteiger charge is 2.39. The van der Waals surface area contributed by atoms with E-state index in [-0.39, 0.29) is 30.2 Å². The van der Waals surface area contributed by atoms with Crippen LogP contribution in [0.4, 0.5) is 5.69 Å². The molecule has 194 valence electrons. The Morgan fingerprint density at radius 1 is 1.24 bits per heavy atom. The van der Waals surface area contributed by atoms with E-state index in [9.17, 15) is 13.2 Å². The number of benzene rings is 2. The van der Waals surface area contributed by atoms with E-state index < -0.39 is 15.9 Å². The predicted molar refractivity (Wildman–Crippen MR) is 143 cm³/mol. The quantitative estimate of drug-likeness (QED) is 0.347. The maximum Gasteiger partial charge on any atom is 0.188 e. The number of carbonyl (C=O) groups is 1. The molecule has 3 atom stereocenters. The van der Waals surface area contributed by atoms with Gasteiger partial charge in [0, 0.05) is 71.4 Å². The van der Waals surface area contributed by atoms with E-state index in [2.05, 4.69) is 20.7 Å². The van der Waals surface area contributed by atoms with Gasteiger partial charge in [-0.1, -0.05) is 18.2 Å². The normalized spacial score (nSPS) is 19.6. The Morgan fingerprint density at radius 2 is 2.05 bits per heavy atom. The summed E-state index contributed by atoms with van der Waals surface area (Å²) in [5.74, 6) is 0.783. The minimum atomic E-state index is -3.16. The molecule has 0 bridgehead atoms. The lowest BCUT2D eigenvalue weighted by Crippen LogP contribution is -2.48. The highest BCUT2D eigenvalue weighted by Crippen LogP contribution is 2.30. The lowest BCUT2D eigenvalue weighted by atomic mass is 9.94. The molecule has 0 saturated carbocycles. The SMILES string of the molecule is COc1cc(NC(C(=O)c2c[nH]c3ccccc23)C2CC3C=NC=CN3N2)cc(OCCS(C)(=O)=O)c1. The zero-order valence-corrected chi connectivity index (χ0v) is 21.4. The summed E-state index contributed by atoms with van der Waals surface area (Å²) >= 11 is 0.